The minimum absolute atomic E-state index is 0.767. The van der Waals surface area contributed by atoms with Crippen molar-refractivity contribution in [3.63, 3.8) is 0 Å². The molecule has 0 radical (unpaired) electrons. The molecule has 0 aromatic heterocycles. The van der Waals surface area contributed by atoms with Crippen molar-refractivity contribution >= 4 is 0 Å². The molecule has 1 N–H and O–H groups in total. The van der Waals surface area contributed by atoms with Crippen LogP contribution in [0.25, 0.3) is 0 Å². The third-order valence-electron chi connectivity index (χ3n) is 3.79. The van der Waals surface area contributed by atoms with Gasteiger partial charge in [0, 0.05) is 0 Å². The van der Waals surface area contributed by atoms with Gasteiger partial charge >= 0.3 is 0 Å². The lowest BCUT2D eigenvalue weighted by atomic mass is 10.1. The quantitative estimate of drug-likeness (QED) is 0.722. The molecule has 124 valence electrons. The molecule has 2 aromatic carbocycles. The number of hydrogen-bond donors (Lipinski definition) is 1. The summed E-state index contributed by atoms with van der Waals surface area (Å²) in [5, 5.41) is 3.47. The molecule has 0 aliphatic rings. The lowest BCUT2D eigenvalue weighted by Gasteiger charge is -2.10. The van der Waals surface area contributed by atoms with E-state index in [0.717, 1.165) is 43.2 Å². The standard InChI is InChI=1S/C19H25NO3/c1-21-17-7-4-15(5-8-17)10-12-20-13-11-16-6-9-18(22-2)19(14-16)23-3/h4-9,14,20H,10-13H2,1-3H3. The highest BCUT2D eigenvalue weighted by Gasteiger charge is 2.04. The van der Waals surface area contributed by atoms with Crippen molar-refractivity contribution in [3.05, 3.63) is 53.6 Å². The number of nitrogens with one attached hydrogen (secondary N) is 1. The van der Waals surface area contributed by atoms with Crippen molar-refractivity contribution in [2.75, 3.05) is 34.4 Å². The molecular weight excluding hydrogens is 290 g/mol. The van der Waals surface area contributed by atoms with E-state index in [1.54, 1.807) is 21.3 Å². The average molecular weight is 315 g/mol. The maximum absolute atomic E-state index is 5.33. The molecule has 4 nitrogen and oxygen atoms in total. The first kappa shape index (κ1) is 17.2. The monoisotopic (exact) mass is 315 g/mol. The Kier molecular flexibility index (Phi) is 6.76. The number of ether oxygens (including phenoxy) is 3. The number of benzene rings is 2. The molecule has 0 amide bonds. The van der Waals surface area contributed by atoms with Gasteiger partial charge in [-0.15, -0.1) is 0 Å². The van der Waals surface area contributed by atoms with Gasteiger partial charge in [0.05, 0.1) is 21.3 Å². The molecule has 0 bridgehead atoms. The Morgan fingerprint density at radius 1 is 0.696 bits per heavy atom. The van der Waals surface area contributed by atoms with Gasteiger partial charge in [0.2, 0.25) is 0 Å². The zero-order chi connectivity index (χ0) is 16.5. The summed E-state index contributed by atoms with van der Waals surface area (Å²) < 4.78 is 15.7. The third-order valence-corrected chi connectivity index (χ3v) is 3.79. The van der Waals surface area contributed by atoms with Crippen LogP contribution in [0.2, 0.25) is 0 Å². The molecule has 0 fully saturated rings. The topological polar surface area (TPSA) is 39.7 Å². The minimum Gasteiger partial charge on any atom is -0.497 e. The highest BCUT2D eigenvalue weighted by atomic mass is 16.5. The highest BCUT2D eigenvalue weighted by Crippen LogP contribution is 2.27. The Hall–Kier alpha value is -2.20. The highest BCUT2D eigenvalue weighted by molar-refractivity contribution is 5.42. The summed E-state index contributed by atoms with van der Waals surface area (Å²) in [6.07, 6.45) is 1.97. The van der Waals surface area contributed by atoms with Crippen LogP contribution >= 0.6 is 0 Å². The predicted octanol–water partition coefficient (Wildman–Crippen LogP) is 3.09. The van der Waals surface area contributed by atoms with Crippen LogP contribution in [0.3, 0.4) is 0 Å². The maximum Gasteiger partial charge on any atom is 0.160 e. The summed E-state index contributed by atoms with van der Waals surface area (Å²) in [6, 6.07) is 14.3. The van der Waals surface area contributed by atoms with Gasteiger partial charge in [-0.05, 0) is 61.3 Å². The molecule has 23 heavy (non-hydrogen) atoms. The van der Waals surface area contributed by atoms with E-state index >= 15 is 0 Å². The third kappa shape index (κ3) is 5.18. The molecule has 0 aliphatic carbocycles. The van der Waals surface area contributed by atoms with Crippen molar-refractivity contribution in [2.45, 2.75) is 12.8 Å². The first-order valence-electron chi connectivity index (χ1n) is 7.81. The van der Waals surface area contributed by atoms with E-state index in [0.29, 0.717) is 0 Å². The molecule has 2 rings (SSSR count). The Bertz CT molecular complexity index is 596. The van der Waals surface area contributed by atoms with Crippen molar-refractivity contribution in [2.24, 2.45) is 0 Å². The van der Waals surface area contributed by atoms with Gasteiger partial charge < -0.3 is 19.5 Å². The van der Waals surface area contributed by atoms with Crippen LogP contribution in [0.15, 0.2) is 42.5 Å². The number of methoxy groups -OCH3 is 3. The van der Waals surface area contributed by atoms with Crippen LogP contribution in [0.4, 0.5) is 0 Å². The van der Waals surface area contributed by atoms with E-state index in [1.807, 2.05) is 24.3 Å². The first-order chi connectivity index (χ1) is 11.3. The Labute approximate surface area is 138 Å². The normalized spacial score (nSPS) is 10.4. The molecular formula is C19H25NO3. The van der Waals surface area contributed by atoms with E-state index in [4.69, 9.17) is 14.2 Å². The second-order valence-corrected chi connectivity index (χ2v) is 5.29. The lowest BCUT2D eigenvalue weighted by Crippen LogP contribution is -2.20. The molecule has 0 saturated carbocycles. The van der Waals surface area contributed by atoms with Gasteiger partial charge in [-0.2, -0.15) is 0 Å². The molecule has 4 heteroatoms. The van der Waals surface area contributed by atoms with Gasteiger partial charge in [0.25, 0.3) is 0 Å². The van der Waals surface area contributed by atoms with Gasteiger partial charge in [-0.1, -0.05) is 18.2 Å². The average Bonchev–Trinajstić information content (AvgIpc) is 2.61. The molecule has 2 aromatic rings. The van der Waals surface area contributed by atoms with Crippen molar-refractivity contribution < 1.29 is 14.2 Å². The summed E-state index contributed by atoms with van der Waals surface area (Å²) in [5.41, 5.74) is 2.55. The molecule has 0 heterocycles. The zero-order valence-corrected chi connectivity index (χ0v) is 14.1. The van der Waals surface area contributed by atoms with Gasteiger partial charge in [-0.3, -0.25) is 0 Å². The van der Waals surface area contributed by atoms with E-state index in [1.165, 1.54) is 11.1 Å². The second kappa shape index (κ2) is 9.06. The summed E-state index contributed by atoms with van der Waals surface area (Å²) in [6.45, 7) is 1.89. The maximum atomic E-state index is 5.33. The van der Waals surface area contributed by atoms with Gasteiger partial charge in [0.15, 0.2) is 11.5 Å². The summed E-state index contributed by atoms with van der Waals surface area (Å²) in [7, 11) is 5.00. The fourth-order valence-corrected chi connectivity index (χ4v) is 2.42. The number of hydrogen-bond acceptors (Lipinski definition) is 4. The number of rotatable bonds is 9. The van der Waals surface area contributed by atoms with Crippen LogP contribution in [0.1, 0.15) is 11.1 Å². The molecule has 0 spiro atoms. The van der Waals surface area contributed by atoms with Crippen molar-refractivity contribution in [3.8, 4) is 17.2 Å². The van der Waals surface area contributed by atoms with Crippen LogP contribution in [-0.4, -0.2) is 34.4 Å². The summed E-state index contributed by atoms with van der Waals surface area (Å²) in [5.74, 6) is 2.45. The second-order valence-electron chi connectivity index (χ2n) is 5.29. The van der Waals surface area contributed by atoms with Gasteiger partial charge in [0.1, 0.15) is 5.75 Å². The van der Waals surface area contributed by atoms with Crippen molar-refractivity contribution in [1.29, 1.82) is 0 Å². The Morgan fingerprint density at radius 3 is 1.91 bits per heavy atom. The van der Waals surface area contributed by atoms with Crippen LogP contribution in [0, 0.1) is 0 Å². The van der Waals surface area contributed by atoms with Crippen LogP contribution < -0.4 is 19.5 Å². The minimum atomic E-state index is 0.767. The zero-order valence-electron chi connectivity index (χ0n) is 14.1. The van der Waals surface area contributed by atoms with Crippen molar-refractivity contribution in [1.82, 2.24) is 5.32 Å². The van der Waals surface area contributed by atoms with E-state index in [9.17, 15) is 0 Å². The largest absolute Gasteiger partial charge is 0.497 e. The molecule has 0 atom stereocenters. The molecule has 0 unspecified atom stereocenters. The smallest absolute Gasteiger partial charge is 0.160 e. The van der Waals surface area contributed by atoms with Crippen LogP contribution in [0.5, 0.6) is 17.2 Å². The summed E-state index contributed by atoms with van der Waals surface area (Å²) >= 11 is 0. The molecule has 0 saturated heterocycles. The Morgan fingerprint density at radius 2 is 1.30 bits per heavy atom. The fraction of sp³-hybridized carbons (Fsp3) is 0.368. The van der Waals surface area contributed by atoms with E-state index < -0.39 is 0 Å². The predicted molar refractivity (Wildman–Crippen MR) is 92.8 cm³/mol. The first-order valence-corrected chi connectivity index (χ1v) is 7.81. The Balaban J connectivity index is 1.72. The molecule has 0 aliphatic heterocycles. The lowest BCUT2D eigenvalue weighted by molar-refractivity contribution is 0.354. The SMILES string of the molecule is COc1ccc(CCNCCc2ccc(OC)c(OC)c2)cc1. The van der Waals surface area contributed by atoms with E-state index in [-0.39, 0.29) is 0 Å². The fourth-order valence-electron chi connectivity index (χ4n) is 2.42. The van der Waals surface area contributed by atoms with Crippen LogP contribution in [-0.2, 0) is 12.8 Å². The van der Waals surface area contributed by atoms with Gasteiger partial charge in [-0.25, -0.2) is 0 Å². The summed E-state index contributed by atoms with van der Waals surface area (Å²) in [4.78, 5) is 0. The van der Waals surface area contributed by atoms with E-state index in [2.05, 4.69) is 23.5 Å².